The van der Waals surface area contributed by atoms with E-state index in [2.05, 4.69) is 6.92 Å². The van der Waals surface area contributed by atoms with Gasteiger partial charge in [0, 0.05) is 26.9 Å². The van der Waals surface area contributed by atoms with Crippen LogP contribution < -0.4 is 9.47 Å². The van der Waals surface area contributed by atoms with Crippen molar-refractivity contribution in [2.45, 2.75) is 76.4 Å². The minimum absolute atomic E-state index is 0.0574. The Hall–Kier alpha value is -1.49. The van der Waals surface area contributed by atoms with Gasteiger partial charge in [0.2, 0.25) is 0 Å². The zero-order chi connectivity index (χ0) is 20.8. The molecule has 0 heterocycles. The number of halogens is 1. The monoisotopic (exact) mass is 418 g/mol. The van der Waals surface area contributed by atoms with Crippen molar-refractivity contribution < 1.29 is 19.7 Å². The van der Waals surface area contributed by atoms with Gasteiger partial charge in [-0.1, -0.05) is 32.4 Å². The first-order valence-electron chi connectivity index (χ1n) is 10.8. The van der Waals surface area contributed by atoms with Gasteiger partial charge in [-0.3, -0.25) is 0 Å². The van der Waals surface area contributed by atoms with Crippen molar-refractivity contribution in [1.82, 2.24) is 0 Å². The van der Waals surface area contributed by atoms with Crippen LogP contribution in [0.1, 0.15) is 69.9 Å². The van der Waals surface area contributed by atoms with Gasteiger partial charge in [0.1, 0.15) is 24.7 Å². The second kappa shape index (κ2) is 7.98. The molecule has 2 aromatic rings. The highest BCUT2D eigenvalue weighted by atomic mass is 35.5. The molecule has 5 heteroatoms. The van der Waals surface area contributed by atoms with Gasteiger partial charge in [-0.25, -0.2) is 0 Å². The molecule has 0 spiro atoms. The lowest BCUT2D eigenvalue weighted by molar-refractivity contribution is 0.102. The summed E-state index contributed by atoms with van der Waals surface area (Å²) in [5.74, 6) is 2.15. The number of fused-ring (bicyclic) bond motifs is 6. The zero-order valence-electron chi connectivity index (χ0n) is 17.5. The molecule has 4 nitrogen and oxygen atoms in total. The summed E-state index contributed by atoms with van der Waals surface area (Å²) >= 11 is 6.35. The van der Waals surface area contributed by atoms with Crippen molar-refractivity contribution in [1.29, 1.82) is 0 Å². The number of aliphatic hydroxyl groups excluding tert-OH is 2. The van der Waals surface area contributed by atoms with Gasteiger partial charge in [0.25, 0.3) is 0 Å². The molecule has 1 fully saturated rings. The molecule has 0 aliphatic heterocycles. The molecule has 0 radical (unpaired) electrons. The first-order chi connectivity index (χ1) is 13.9. The van der Waals surface area contributed by atoms with Gasteiger partial charge >= 0.3 is 0 Å². The van der Waals surface area contributed by atoms with Gasteiger partial charge < -0.3 is 19.7 Å². The average molecular weight is 419 g/mol. The third-order valence-electron chi connectivity index (χ3n) is 6.75. The Labute approximate surface area is 177 Å². The SMILES string of the molecule is CCC(O)COc1c2c(c(OCC(O)CC)c3ccc(Cl)cc13)C1(C)CCC2C1. The fourth-order valence-electron chi connectivity index (χ4n) is 5.02. The normalized spacial score (nSPS) is 24.6. The predicted octanol–water partition coefficient (Wildman–Crippen LogP) is 5.33. The molecule has 1 saturated carbocycles. The molecule has 4 rings (SSSR count). The standard InChI is InChI=1S/C24H31ClO4/c1-4-16(26)12-28-22-19-10-15(25)6-7-18(19)23(29-13-17(27)5-2)21-20(22)14-8-9-24(21,3)11-14/h6-7,10,14,16-17,26-27H,4-5,8-9,11-13H2,1-3H3. The summed E-state index contributed by atoms with van der Waals surface area (Å²) in [6.07, 6.45) is 3.68. The van der Waals surface area contributed by atoms with Gasteiger partial charge in [-0.2, -0.15) is 0 Å². The van der Waals surface area contributed by atoms with E-state index < -0.39 is 12.2 Å². The quantitative estimate of drug-likeness (QED) is 0.608. The molecule has 158 valence electrons. The van der Waals surface area contributed by atoms with Gasteiger partial charge in [-0.05, 0) is 61.6 Å². The Morgan fingerprint density at radius 1 is 1.07 bits per heavy atom. The largest absolute Gasteiger partial charge is 0.490 e. The highest BCUT2D eigenvalue weighted by Crippen LogP contribution is 2.64. The zero-order valence-corrected chi connectivity index (χ0v) is 18.3. The van der Waals surface area contributed by atoms with Crippen LogP contribution in [-0.4, -0.2) is 35.6 Å². The molecule has 2 N–H and O–H groups in total. The van der Waals surface area contributed by atoms with Crippen LogP contribution in [0.15, 0.2) is 18.2 Å². The first-order valence-corrected chi connectivity index (χ1v) is 11.2. The molecule has 2 aliphatic carbocycles. The van der Waals surface area contributed by atoms with Gasteiger partial charge in [-0.15, -0.1) is 0 Å². The fraction of sp³-hybridized carbons (Fsp3) is 0.583. The van der Waals surface area contributed by atoms with Crippen LogP contribution in [-0.2, 0) is 5.41 Å². The smallest absolute Gasteiger partial charge is 0.131 e. The van der Waals surface area contributed by atoms with E-state index in [1.807, 2.05) is 32.0 Å². The summed E-state index contributed by atoms with van der Waals surface area (Å²) < 4.78 is 12.5. The predicted molar refractivity (Wildman–Crippen MR) is 116 cm³/mol. The number of hydrogen-bond donors (Lipinski definition) is 2. The Balaban J connectivity index is 1.91. The molecule has 0 saturated heterocycles. The summed E-state index contributed by atoms with van der Waals surface area (Å²) in [5, 5.41) is 22.7. The molecule has 4 atom stereocenters. The molecule has 4 unspecified atom stereocenters. The second-order valence-corrected chi connectivity index (χ2v) is 9.32. The van der Waals surface area contributed by atoms with E-state index in [1.165, 1.54) is 11.1 Å². The molecule has 29 heavy (non-hydrogen) atoms. The maximum atomic E-state index is 10.1. The fourth-order valence-corrected chi connectivity index (χ4v) is 5.19. The summed E-state index contributed by atoms with van der Waals surface area (Å²) in [6.45, 7) is 6.76. The Bertz CT molecular complexity index is 912. The summed E-state index contributed by atoms with van der Waals surface area (Å²) in [4.78, 5) is 0. The van der Waals surface area contributed by atoms with E-state index >= 15 is 0 Å². The van der Waals surface area contributed by atoms with E-state index in [4.69, 9.17) is 21.1 Å². The number of rotatable bonds is 8. The van der Waals surface area contributed by atoms with Crippen molar-refractivity contribution in [2.75, 3.05) is 13.2 Å². The number of ether oxygens (including phenoxy) is 2. The third kappa shape index (κ3) is 3.60. The van der Waals surface area contributed by atoms with Crippen molar-refractivity contribution in [2.24, 2.45) is 0 Å². The highest BCUT2D eigenvalue weighted by molar-refractivity contribution is 6.31. The van der Waals surface area contributed by atoms with E-state index in [1.54, 1.807) is 0 Å². The van der Waals surface area contributed by atoms with Crippen LogP contribution in [0.5, 0.6) is 11.5 Å². The minimum atomic E-state index is -0.496. The lowest BCUT2D eigenvalue weighted by atomic mass is 9.78. The van der Waals surface area contributed by atoms with E-state index in [0.717, 1.165) is 41.5 Å². The minimum Gasteiger partial charge on any atom is -0.490 e. The van der Waals surface area contributed by atoms with E-state index in [0.29, 0.717) is 23.8 Å². The topological polar surface area (TPSA) is 58.9 Å². The van der Waals surface area contributed by atoms with Crippen LogP contribution in [0.25, 0.3) is 10.8 Å². The van der Waals surface area contributed by atoms with Crippen molar-refractivity contribution >= 4 is 22.4 Å². The molecule has 2 bridgehead atoms. The first kappa shape index (κ1) is 20.8. The van der Waals surface area contributed by atoms with Crippen LogP contribution in [0.3, 0.4) is 0 Å². The number of benzene rings is 2. The lowest BCUT2D eigenvalue weighted by Gasteiger charge is -2.30. The molecule has 0 amide bonds. The van der Waals surface area contributed by atoms with Crippen LogP contribution in [0, 0.1) is 0 Å². The Kier molecular flexibility index (Phi) is 5.71. The van der Waals surface area contributed by atoms with E-state index in [-0.39, 0.29) is 18.6 Å². The van der Waals surface area contributed by atoms with Crippen LogP contribution in [0.4, 0.5) is 0 Å². The second-order valence-electron chi connectivity index (χ2n) is 8.88. The maximum Gasteiger partial charge on any atom is 0.131 e. The van der Waals surface area contributed by atoms with Crippen molar-refractivity contribution in [3.63, 3.8) is 0 Å². The number of aliphatic hydroxyl groups is 2. The molecule has 2 aliphatic rings. The Morgan fingerprint density at radius 3 is 2.38 bits per heavy atom. The molecule has 2 aromatic carbocycles. The van der Waals surface area contributed by atoms with Crippen molar-refractivity contribution in [3.05, 3.63) is 34.3 Å². The summed E-state index contributed by atoms with van der Waals surface area (Å²) in [7, 11) is 0. The van der Waals surface area contributed by atoms with E-state index in [9.17, 15) is 10.2 Å². The molecule has 0 aromatic heterocycles. The molecular formula is C24H31ClO4. The summed E-state index contributed by atoms with van der Waals surface area (Å²) in [5.41, 5.74) is 2.51. The maximum absolute atomic E-state index is 10.1. The van der Waals surface area contributed by atoms with Crippen LogP contribution in [0.2, 0.25) is 5.02 Å². The highest BCUT2D eigenvalue weighted by Gasteiger charge is 2.50. The lowest BCUT2D eigenvalue weighted by Crippen LogP contribution is -2.22. The van der Waals surface area contributed by atoms with Gasteiger partial charge in [0.15, 0.2) is 0 Å². The van der Waals surface area contributed by atoms with Crippen LogP contribution >= 0.6 is 11.6 Å². The summed E-state index contributed by atoms with van der Waals surface area (Å²) in [6, 6.07) is 5.80. The molecular weight excluding hydrogens is 388 g/mol. The van der Waals surface area contributed by atoms with Gasteiger partial charge in [0.05, 0.1) is 12.2 Å². The Morgan fingerprint density at radius 2 is 1.72 bits per heavy atom. The third-order valence-corrected chi connectivity index (χ3v) is 6.98. The van der Waals surface area contributed by atoms with Crippen molar-refractivity contribution in [3.8, 4) is 11.5 Å². The number of hydrogen-bond acceptors (Lipinski definition) is 4. The average Bonchev–Trinajstić information content (AvgIpc) is 3.24.